The van der Waals surface area contributed by atoms with Crippen molar-refractivity contribution < 1.29 is 18.0 Å². The first-order valence-corrected chi connectivity index (χ1v) is 9.72. The molecule has 2 fully saturated rings. The molecule has 0 bridgehead atoms. The third-order valence-corrected chi connectivity index (χ3v) is 5.72. The van der Waals surface area contributed by atoms with Crippen LogP contribution in [-0.2, 0) is 17.5 Å². The fourth-order valence-electron chi connectivity index (χ4n) is 4.02. The number of rotatable bonds is 4. The number of hydrogen-bond donors (Lipinski definition) is 1. The second-order valence-corrected chi connectivity index (χ2v) is 7.79. The van der Waals surface area contributed by atoms with Crippen molar-refractivity contribution in [3.05, 3.63) is 34.2 Å². The van der Waals surface area contributed by atoms with Gasteiger partial charge in [0.05, 0.1) is 5.56 Å². The van der Waals surface area contributed by atoms with Gasteiger partial charge < -0.3 is 19.7 Å². The summed E-state index contributed by atoms with van der Waals surface area (Å²) >= 11 is 0. The van der Waals surface area contributed by atoms with Crippen LogP contribution in [0.25, 0.3) is 0 Å². The van der Waals surface area contributed by atoms with Gasteiger partial charge in [-0.2, -0.15) is 13.2 Å². The van der Waals surface area contributed by atoms with Crippen LogP contribution < -0.4 is 10.9 Å². The molecular formula is C19H27F3N4O2. The van der Waals surface area contributed by atoms with Crippen LogP contribution in [0.3, 0.4) is 0 Å². The number of piperidine rings is 2. The topological polar surface area (TPSA) is 57.6 Å². The van der Waals surface area contributed by atoms with Gasteiger partial charge in [0.2, 0.25) is 5.91 Å². The van der Waals surface area contributed by atoms with E-state index in [-0.39, 0.29) is 6.04 Å². The minimum atomic E-state index is -4.55. The molecule has 0 saturated carbocycles. The molecule has 2 saturated heterocycles. The molecule has 0 aliphatic carbocycles. The Morgan fingerprint density at radius 2 is 1.75 bits per heavy atom. The quantitative estimate of drug-likeness (QED) is 0.833. The van der Waals surface area contributed by atoms with E-state index in [1.807, 2.05) is 0 Å². The van der Waals surface area contributed by atoms with Crippen molar-refractivity contribution in [1.82, 2.24) is 19.7 Å². The van der Waals surface area contributed by atoms with Crippen molar-refractivity contribution in [3.8, 4) is 0 Å². The second kappa shape index (κ2) is 8.65. The van der Waals surface area contributed by atoms with E-state index in [4.69, 9.17) is 0 Å². The Kier molecular flexibility index (Phi) is 6.44. The van der Waals surface area contributed by atoms with E-state index in [0.29, 0.717) is 12.2 Å². The van der Waals surface area contributed by atoms with Crippen LogP contribution in [0.15, 0.2) is 23.1 Å². The first-order valence-electron chi connectivity index (χ1n) is 9.72. The molecule has 156 valence electrons. The average molecular weight is 400 g/mol. The summed E-state index contributed by atoms with van der Waals surface area (Å²) in [6, 6.07) is 2.17. The SMILES string of the molecule is CN1CCC(N2CCC(NC(=O)Cn3cc(C(F)(F)F)ccc3=O)CC2)CC1. The summed E-state index contributed by atoms with van der Waals surface area (Å²) in [5.41, 5.74) is -1.56. The summed E-state index contributed by atoms with van der Waals surface area (Å²) in [5.74, 6) is -0.431. The van der Waals surface area contributed by atoms with Crippen molar-refractivity contribution in [1.29, 1.82) is 0 Å². The first kappa shape index (κ1) is 20.9. The monoisotopic (exact) mass is 400 g/mol. The van der Waals surface area contributed by atoms with Gasteiger partial charge in [0, 0.05) is 37.4 Å². The Bertz CT molecular complexity index is 733. The maximum atomic E-state index is 12.8. The predicted octanol–water partition coefficient (Wildman–Crippen LogP) is 1.54. The molecule has 28 heavy (non-hydrogen) atoms. The number of aromatic nitrogens is 1. The molecule has 3 rings (SSSR count). The van der Waals surface area contributed by atoms with Gasteiger partial charge in [0.25, 0.3) is 5.56 Å². The summed E-state index contributed by atoms with van der Waals surface area (Å²) in [7, 11) is 2.13. The summed E-state index contributed by atoms with van der Waals surface area (Å²) < 4.78 is 39.2. The lowest BCUT2D eigenvalue weighted by molar-refractivity contribution is -0.138. The van der Waals surface area contributed by atoms with Crippen LogP contribution in [0.5, 0.6) is 0 Å². The maximum Gasteiger partial charge on any atom is 0.417 e. The van der Waals surface area contributed by atoms with Crippen molar-refractivity contribution >= 4 is 5.91 Å². The van der Waals surface area contributed by atoms with Crippen molar-refractivity contribution in [2.75, 3.05) is 33.2 Å². The summed E-state index contributed by atoms with van der Waals surface area (Å²) in [5, 5.41) is 2.87. The van der Waals surface area contributed by atoms with Crippen LogP contribution in [0.2, 0.25) is 0 Å². The number of alkyl halides is 3. The number of nitrogens with one attached hydrogen (secondary N) is 1. The molecule has 0 radical (unpaired) electrons. The highest BCUT2D eigenvalue weighted by atomic mass is 19.4. The fraction of sp³-hybridized carbons (Fsp3) is 0.684. The molecular weight excluding hydrogens is 373 g/mol. The predicted molar refractivity (Wildman–Crippen MR) is 99.0 cm³/mol. The molecule has 0 unspecified atom stereocenters. The fourth-order valence-corrected chi connectivity index (χ4v) is 4.02. The zero-order valence-corrected chi connectivity index (χ0v) is 16.0. The van der Waals surface area contributed by atoms with Crippen molar-refractivity contribution in [2.24, 2.45) is 0 Å². The normalized spacial score (nSPS) is 21.0. The number of halogens is 3. The molecule has 1 N–H and O–H groups in total. The standard InChI is InChI=1S/C19H27F3N4O2/c1-24-8-6-16(7-9-24)25-10-4-15(5-11-25)23-17(27)13-26-12-14(19(20,21)22)2-3-18(26)28/h2-3,12,15-16H,4-11,13H2,1H3,(H,23,27). The van der Waals surface area contributed by atoms with E-state index in [2.05, 4.69) is 22.2 Å². The van der Waals surface area contributed by atoms with Gasteiger partial charge in [0.1, 0.15) is 6.54 Å². The molecule has 3 heterocycles. The van der Waals surface area contributed by atoms with Crippen molar-refractivity contribution in [3.63, 3.8) is 0 Å². The zero-order valence-electron chi connectivity index (χ0n) is 16.0. The van der Waals surface area contributed by atoms with Gasteiger partial charge in [-0.25, -0.2) is 0 Å². The molecule has 0 atom stereocenters. The summed E-state index contributed by atoms with van der Waals surface area (Å²) in [4.78, 5) is 28.8. The highest BCUT2D eigenvalue weighted by molar-refractivity contribution is 5.76. The highest BCUT2D eigenvalue weighted by Crippen LogP contribution is 2.28. The Morgan fingerprint density at radius 1 is 1.11 bits per heavy atom. The number of carbonyl (C=O) groups excluding carboxylic acids is 1. The third kappa shape index (κ3) is 5.35. The molecule has 2 aliphatic heterocycles. The number of amides is 1. The molecule has 6 nitrogen and oxygen atoms in total. The van der Waals surface area contributed by atoms with Gasteiger partial charge >= 0.3 is 6.18 Å². The summed E-state index contributed by atoms with van der Waals surface area (Å²) in [6.45, 7) is 3.61. The average Bonchev–Trinajstić information content (AvgIpc) is 2.64. The van der Waals surface area contributed by atoms with Gasteiger partial charge in [-0.3, -0.25) is 9.59 Å². The van der Waals surface area contributed by atoms with Crippen LogP contribution in [0.1, 0.15) is 31.2 Å². The van der Waals surface area contributed by atoms with E-state index in [1.54, 1.807) is 0 Å². The lowest BCUT2D eigenvalue weighted by Crippen LogP contribution is -2.51. The zero-order chi connectivity index (χ0) is 20.3. The van der Waals surface area contributed by atoms with Gasteiger partial charge in [-0.1, -0.05) is 0 Å². The number of likely N-dealkylation sites (tertiary alicyclic amines) is 2. The number of pyridine rings is 1. The minimum absolute atomic E-state index is 0.00323. The number of hydrogen-bond acceptors (Lipinski definition) is 4. The van der Waals surface area contributed by atoms with E-state index in [0.717, 1.165) is 68.6 Å². The first-order chi connectivity index (χ1) is 13.2. The van der Waals surface area contributed by atoms with Gasteiger partial charge in [-0.15, -0.1) is 0 Å². The third-order valence-electron chi connectivity index (χ3n) is 5.72. The van der Waals surface area contributed by atoms with Crippen LogP contribution >= 0.6 is 0 Å². The van der Waals surface area contributed by atoms with Crippen LogP contribution in [0.4, 0.5) is 13.2 Å². The maximum absolute atomic E-state index is 12.8. The molecule has 2 aliphatic rings. The Morgan fingerprint density at radius 3 is 2.36 bits per heavy atom. The highest BCUT2D eigenvalue weighted by Gasteiger charge is 2.31. The lowest BCUT2D eigenvalue weighted by atomic mass is 9.98. The molecule has 1 aromatic rings. The Labute approximate surface area is 162 Å². The van der Waals surface area contributed by atoms with Gasteiger partial charge in [-0.05, 0) is 51.9 Å². The number of carbonyl (C=O) groups is 1. The summed E-state index contributed by atoms with van der Waals surface area (Å²) in [6.07, 6.45) is 0.0976. The van der Waals surface area contributed by atoms with E-state index >= 15 is 0 Å². The Balaban J connectivity index is 1.49. The van der Waals surface area contributed by atoms with Gasteiger partial charge in [0.15, 0.2) is 0 Å². The van der Waals surface area contributed by atoms with Crippen LogP contribution in [-0.4, -0.2) is 65.6 Å². The largest absolute Gasteiger partial charge is 0.417 e. The molecule has 9 heteroatoms. The minimum Gasteiger partial charge on any atom is -0.352 e. The van der Waals surface area contributed by atoms with Crippen LogP contribution in [0, 0.1) is 0 Å². The van der Waals surface area contributed by atoms with E-state index in [9.17, 15) is 22.8 Å². The Hall–Kier alpha value is -1.87. The smallest absolute Gasteiger partial charge is 0.352 e. The number of nitrogens with zero attached hydrogens (tertiary/aromatic N) is 3. The second-order valence-electron chi connectivity index (χ2n) is 7.79. The molecule has 0 spiro atoms. The molecule has 0 aromatic carbocycles. The van der Waals surface area contributed by atoms with E-state index < -0.39 is 29.8 Å². The molecule has 1 aromatic heterocycles. The lowest BCUT2D eigenvalue weighted by Gasteiger charge is -2.41. The van der Waals surface area contributed by atoms with E-state index in [1.165, 1.54) is 0 Å². The van der Waals surface area contributed by atoms with Crippen molar-refractivity contribution in [2.45, 2.75) is 50.5 Å². The molecule has 1 amide bonds.